The van der Waals surface area contributed by atoms with Crippen LogP contribution in [0, 0.1) is 0 Å². The van der Waals surface area contributed by atoms with Crippen molar-refractivity contribution in [2.75, 3.05) is 24.1 Å². The van der Waals surface area contributed by atoms with Crippen LogP contribution in [0.25, 0.3) is 11.1 Å². The topological polar surface area (TPSA) is 114 Å². The molecule has 4 N–H and O–H groups in total. The average molecular weight is 431 g/mol. The maximum atomic E-state index is 12.0. The van der Waals surface area contributed by atoms with E-state index in [1.54, 1.807) is 4.90 Å². The first-order valence-electron chi connectivity index (χ1n) is 10.3. The number of benzene rings is 2. The van der Waals surface area contributed by atoms with Crippen molar-refractivity contribution in [1.29, 1.82) is 0 Å². The summed E-state index contributed by atoms with van der Waals surface area (Å²) in [4.78, 5) is 22.2. The highest BCUT2D eigenvalue weighted by molar-refractivity contribution is 5.87. The van der Waals surface area contributed by atoms with Gasteiger partial charge < -0.3 is 25.8 Å². The minimum Gasteiger partial charge on any atom is -0.457 e. The van der Waals surface area contributed by atoms with Crippen molar-refractivity contribution in [3.05, 3.63) is 73.6 Å². The normalized spacial score (nSPS) is 18.1. The number of nitrogens with two attached hydrogens (primary N) is 1. The number of ether oxygens (including phenoxy) is 1. The van der Waals surface area contributed by atoms with Gasteiger partial charge in [-0.2, -0.15) is 0 Å². The number of hydrogen-bond donors (Lipinski definition) is 3. The Hall–Kier alpha value is -3.91. The van der Waals surface area contributed by atoms with Crippen molar-refractivity contribution in [1.82, 2.24) is 14.9 Å². The number of nitrogens with zero attached hydrogens (tertiary/aromatic N) is 3. The number of aromatic nitrogens is 2. The van der Waals surface area contributed by atoms with Crippen LogP contribution >= 0.6 is 0 Å². The fraction of sp³-hybridized carbons (Fsp3) is 0.208. The van der Waals surface area contributed by atoms with Crippen molar-refractivity contribution >= 4 is 17.5 Å². The largest absolute Gasteiger partial charge is 0.457 e. The lowest BCUT2D eigenvalue weighted by Gasteiger charge is -2.36. The summed E-state index contributed by atoms with van der Waals surface area (Å²) in [6.07, 6.45) is 2.48. The third kappa shape index (κ3) is 4.70. The molecule has 2 unspecified atom stereocenters. The highest BCUT2D eigenvalue weighted by atomic mass is 16.5. The molecule has 0 spiro atoms. The minimum atomic E-state index is -0.630. The molecule has 1 saturated heterocycles. The zero-order chi connectivity index (χ0) is 22.5. The molecule has 32 heavy (non-hydrogen) atoms. The third-order valence-electron chi connectivity index (χ3n) is 5.38. The van der Waals surface area contributed by atoms with Gasteiger partial charge in [-0.15, -0.1) is 0 Å². The summed E-state index contributed by atoms with van der Waals surface area (Å²) in [5.41, 5.74) is 7.61. The van der Waals surface area contributed by atoms with Gasteiger partial charge in [-0.25, -0.2) is 9.97 Å². The minimum absolute atomic E-state index is 0.167. The lowest BCUT2D eigenvalue weighted by molar-refractivity contribution is -0.128. The summed E-state index contributed by atoms with van der Waals surface area (Å²) in [6.45, 7) is 4.35. The molecule has 0 radical (unpaired) electrons. The molecule has 2 aromatic carbocycles. The molecule has 2 heterocycles. The molecule has 0 saturated carbocycles. The Bertz CT molecular complexity index is 1090. The molecule has 1 aromatic heterocycles. The summed E-state index contributed by atoms with van der Waals surface area (Å²) in [6, 6.07) is 16.6. The second-order valence-electron chi connectivity index (χ2n) is 7.52. The molecule has 3 aromatic rings. The van der Waals surface area contributed by atoms with Crippen LogP contribution in [0.5, 0.6) is 11.5 Å². The number of aliphatic hydroxyl groups excluding tert-OH is 1. The molecule has 1 amide bonds. The molecule has 0 bridgehead atoms. The fourth-order valence-electron chi connectivity index (χ4n) is 3.69. The van der Waals surface area contributed by atoms with E-state index in [1.165, 1.54) is 12.4 Å². The molecular weight excluding hydrogens is 406 g/mol. The van der Waals surface area contributed by atoms with Gasteiger partial charge >= 0.3 is 0 Å². The molecule has 0 aliphatic carbocycles. The maximum absolute atomic E-state index is 12.0. The van der Waals surface area contributed by atoms with Gasteiger partial charge in [0, 0.05) is 13.1 Å². The van der Waals surface area contributed by atoms with E-state index in [0.717, 1.165) is 11.3 Å². The highest BCUT2D eigenvalue weighted by Crippen LogP contribution is 2.33. The van der Waals surface area contributed by atoms with Crippen molar-refractivity contribution in [3.8, 4) is 22.6 Å². The second-order valence-corrected chi connectivity index (χ2v) is 7.52. The lowest BCUT2D eigenvalue weighted by atomic mass is 10.0. The average Bonchev–Trinajstić information content (AvgIpc) is 2.81. The predicted octanol–water partition coefficient (Wildman–Crippen LogP) is 3.08. The van der Waals surface area contributed by atoms with Gasteiger partial charge in [-0.05, 0) is 42.3 Å². The van der Waals surface area contributed by atoms with Gasteiger partial charge in [0.1, 0.15) is 29.5 Å². The summed E-state index contributed by atoms with van der Waals surface area (Å²) in [7, 11) is 0. The van der Waals surface area contributed by atoms with Gasteiger partial charge in [0.2, 0.25) is 5.91 Å². The van der Waals surface area contributed by atoms with Crippen LogP contribution in [-0.2, 0) is 4.79 Å². The van der Waals surface area contributed by atoms with Gasteiger partial charge in [0.15, 0.2) is 0 Å². The van der Waals surface area contributed by atoms with Crippen molar-refractivity contribution in [2.24, 2.45) is 0 Å². The molecule has 8 heteroatoms. The predicted molar refractivity (Wildman–Crippen MR) is 123 cm³/mol. The number of carbonyl (C=O) groups excluding carboxylic acids is 1. The molecule has 1 aliphatic rings. The van der Waals surface area contributed by atoms with Gasteiger partial charge in [-0.1, -0.05) is 36.9 Å². The SMILES string of the molecule is C=CC(=O)N1CCC(O)C(Nc2ncnc(N)c2-c2ccc(Oc3ccccc3)cc2)C1. The smallest absolute Gasteiger partial charge is 0.246 e. The first kappa shape index (κ1) is 21.3. The second kappa shape index (κ2) is 9.49. The number of para-hydroxylation sites is 1. The van der Waals surface area contributed by atoms with E-state index in [4.69, 9.17) is 10.5 Å². The number of nitrogens with one attached hydrogen (secondary N) is 1. The number of aliphatic hydroxyl groups is 1. The van der Waals surface area contributed by atoms with Crippen LogP contribution in [0.3, 0.4) is 0 Å². The Morgan fingerprint density at radius 2 is 1.88 bits per heavy atom. The Balaban J connectivity index is 1.56. The number of rotatable bonds is 6. The molecule has 2 atom stereocenters. The van der Waals surface area contributed by atoms with E-state index in [-0.39, 0.29) is 5.91 Å². The van der Waals surface area contributed by atoms with Crippen LogP contribution < -0.4 is 15.8 Å². The number of nitrogen functional groups attached to an aromatic ring is 1. The van der Waals surface area contributed by atoms with E-state index >= 15 is 0 Å². The Morgan fingerprint density at radius 1 is 1.16 bits per heavy atom. The first-order chi connectivity index (χ1) is 15.5. The monoisotopic (exact) mass is 431 g/mol. The van der Waals surface area contributed by atoms with Crippen molar-refractivity contribution in [3.63, 3.8) is 0 Å². The number of anilines is 2. The van der Waals surface area contributed by atoms with Crippen LogP contribution in [0.2, 0.25) is 0 Å². The van der Waals surface area contributed by atoms with E-state index in [1.807, 2.05) is 54.6 Å². The Kier molecular flexibility index (Phi) is 6.32. The van der Waals surface area contributed by atoms with Crippen LogP contribution in [-0.4, -0.2) is 51.1 Å². The zero-order valence-electron chi connectivity index (χ0n) is 17.5. The Labute approximate surface area is 186 Å². The summed E-state index contributed by atoms with van der Waals surface area (Å²) >= 11 is 0. The number of likely N-dealkylation sites (tertiary alicyclic amines) is 1. The number of amides is 1. The third-order valence-corrected chi connectivity index (χ3v) is 5.38. The standard InChI is InChI=1S/C24H25N5O3/c1-2-21(31)29-13-12-20(30)19(14-29)28-24-22(23(25)26-15-27-24)16-8-10-18(11-9-16)32-17-6-4-3-5-7-17/h2-11,15,19-20,30H,1,12-14H2,(H3,25,26,27,28). The number of piperidine rings is 1. The van der Waals surface area contributed by atoms with Gasteiger partial charge in [0.05, 0.1) is 17.7 Å². The maximum Gasteiger partial charge on any atom is 0.246 e. The molecule has 4 rings (SSSR count). The molecule has 1 aliphatic heterocycles. The number of hydrogen-bond acceptors (Lipinski definition) is 7. The molecule has 8 nitrogen and oxygen atoms in total. The van der Waals surface area contributed by atoms with Crippen molar-refractivity contribution < 1.29 is 14.6 Å². The van der Waals surface area contributed by atoms with Crippen LogP contribution in [0.1, 0.15) is 6.42 Å². The summed E-state index contributed by atoms with van der Waals surface area (Å²) in [5, 5.41) is 13.8. The Morgan fingerprint density at radius 3 is 2.59 bits per heavy atom. The fourth-order valence-corrected chi connectivity index (χ4v) is 3.69. The lowest BCUT2D eigenvalue weighted by Crippen LogP contribution is -2.52. The van der Waals surface area contributed by atoms with E-state index in [9.17, 15) is 9.90 Å². The highest BCUT2D eigenvalue weighted by Gasteiger charge is 2.30. The molecular formula is C24H25N5O3. The van der Waals surface area contributed by atoms with E-state index in [0.29, 0.717) is 42.5 Å². The van der Waals surface area contributed by atoms with Crippen molar-refractivity contribution in [2.45, 2.75) is 18.6 Å². The molecule has 164 valence electrons. The van der Waals surface area contributed by atoms with E-state index < -0.39 is 12.1 Å². The summed E-state index contributed by atoms with van der Waals surface area (Å²) in [5.74, 6) is 2.07. The first-order valence-corrected chi connectivity index (χ1v) is 10.3. The van der Waals surface area contributed by atoms with Crippen LogP contribution in [0.15, 0.2) is 73.6 Å². The summed E-state index contributed by atoms with van der Waals surface area (Å²) < 4.78 is 5.85. The van der Waals surface area contributed by atoms with E-state index in [2.05, 4.69) is 21.9 Å². The van der Waals surface area contributed by atoms with Gasteiger partial charge in [0.25, 0.3) is 0 Å². The van der Waals surface area contributed by atoms with Gasteiger partial charge in [-0.3, -0.25) is 4.79 Å². The number of carbonyl (C=O) groups is 1. The quantitative estimate of drug-likeness (QED) is 0.514. The zero-order valence-corrected chi connectivity index (χ0v) is 17.5. The van der Waals surface area contributed by atoms with Crippen LogP contribution in [0.4, 0.5) is 11.6 Å². The molecule has 1 fully saturated rings.